The van der Waals surface area contributed by atoms with Gasteiger partial charge in [0, 0.05) is 18.7 Å². The predicted octanol–water partition coefficient (Wildman–Crippen LogP) is 3.90. The number of carbonyl (C=O) groups excluding carboxylic acids is 3. The summed E-state index contributed by atoms with van der Waals surface area (Å²) in [6, 6.07) is 20.4. The molecule has 0 aliphatic carbocycles. The Kier molecular flexibility index (Phi) is 8.08. The number of methoxy groups -OCH3 is 1. The smallest absolute Gasteiger partial charge is 0.312 e. The van der Waals surface area contributed by atoms with Gasteiger partial charge in [-0.3, -0.25) is 9.59 Å². The molecule has 0 bridgehead atoms. The van der Waals surface area contributed by atoms with Crippen molar-refractivity contribution in [3.8, 4) is 16.9 Å². The summed E-state index contributed by atoms with van der Waals surface area (Å²) in [7, 11) is 1.62. The van der Waals surface area contributed by atoms with Crippen LogP contribution < -0.4 is 26.0 Å². The molecule has 4 amide bonds. The first-order valence-electron chi connectivity index (χ1n) is 12.4. The number of nitrogens with one attached hydrogen (secondary N) is 2. The average Bonchev–Trinajstić information content (AvgIpc) is 3.04. The zero-order chi connectivity index (χ0) is 26.4. The number of ether oxygens (including phenoxy) is 1. The molecule has 3 aromatic carbocycles. The Bertz CT molecular complexity index is 1290. The van der Waals surface area contributed by atoms with Gasteiger partial charge < -0.3 is 26.0 Å². The molecular weight excluding hydrogens is 468 g/mol. The predicted molar refractivity (Wildman–Crippen MR) is 143 cm³/mol. The Morgan fingerprint density at radius 3 is 2.54 bits per heavy atom. The second-order valence-electron chi connectivity index (χ2n) is 9.00. The average molecular weight is 501 g/mol. The van der Waals surface area contributed by atoms with Crippen LogP contribution in [0, 0.1) is 0 Å². The van der Waals surface area contributed by atoms with E-state index in [4.69, 9.17) is 10.5 Å². The Morgan fingerprint density at radius 2 is 1.84 bits per heavy atom. The molecule has 3 aromatic rings. The number of benzene rings is 3. The SMILES string of the molecule is CCC(=O)N[C@@H]1CCc2cc(OC)ccc2N(Cc2ccc(-c3ccccc3CNC(N)=O)cc2)C1=O. The summed E-state index contributed by atoms with van der Waals surface area (Å²) >= 11 is 0. The summed E-state index contributed by atoms with van der Waals surface area (Å²) in [5, 5.41) is 5.54. The van der Waals surface area contributed by atoms with E-state index >= 15 is 0 Å². The highest BCUT2D eigenvalue weighted by atomic mass is 16.5. The molecule has 0 radical (unpaired) electrons. The van der Waals surface area contributed by atoms with Crippen molar-refractivity contribution in [3.05, 3.63) is 83.4 Å². The van der Waals surface area contributed by atoms with Crippen molar-refractivity contribution in [2.45, 2.75) is 45.3 Å². The Balaban J connectivity index is 1.62. The normalized spacial score (nSPS) is 14.9. The van der Waals surface area contributed by atoms with Crippen LogP contribution in [0.15, 0.2) is 66.7 Å². The van der Waals surface area contributed by atoms with Crippen LogP contribution in [-0.4, -0.2) is 31.0 Å². The zero-order valence-electron chi connectivity index (χ0n) is 21.1. The lowest BCUT2D eigenvalue weighted by atomic mass is 9.98. The summed E-state index contributed by atoms with van der Waals surface area (Å²) in [6.45, 7) is 2.47. The van der Waals surface area contributed by atoms with E-state index in [1.807, 2.05) is 66.7 Å². The number of fused-ring (bicyclic) bond motifs is 1. The number of aryl methyl sites for hydroxylation is 1. The fourth-order valence-corrected chi connectivity index (χ4v) is 4.59. The quantitative estimate of drug-likeness (QED) is 0.435. The van der Waals surface area contributed by atoms with Gasteiger partial charge in [0.15, 0.2) is 0 Å². The summed E-state index contributed by atoms with van der Waals surface area (Å²) in [5.41, 5.74) is 11.0. The van der Waals surface area contributed by atoms with Crippen molar-refractivity contribution in [2.75, 3.05) is 12.0 Å². The van der Waals surface area contributed by atoms with Gasteiger partial charge >= 0.3 is 6.03 Å². The van der Waals surface area contributed by atoms with Crippen molar-refractivity contribution < 1.29 is 19.1 Å². The maximum absolute atomic E-state index is 13.6. The van der Waals surface area contributed by atoms with E-state index in [9.17, 15) is 14.4 Å². The first-order valence-corrected chi connectivity index (χ1v) is 12.4. The molecule has 1 atom stereocenters. The van der Waals surface area contributed by atoms with Crippen LogP contribution in [0.5, 0.6) is 5.75 Å². The number of nitrogens with zero attached hydrogens (tertiary/aromatic N) is 1. The second-order valence-corrected chi connectivity index (χ2v) is 9.00. The lowest BCUT2D eigenvalue weighted by Gasteiger charge is -2.26. The molecule has 1 aliphatic rings. The third-order valence-electron chi connectivity index (χ3n) is 6.58. The molecule has 0 saturated heterocycles. The number of primary amides is 1. The summed E-state index contributed by atoms with van der Waals surface area (Å²) in [4.78, 5) is 38.7. The summed E-state index contributed by atoms with van der Waals surface area (Å²) in [5.74, 6) is 0.462. The largest absolute Gasteiger partial charge is 0.497 e. The number of hydrogen-bond acceptors (Lipinski definition) is 4. The maximum Gasteiger partial charge on any atom is 0.312 e. The van der Waals surface area contributed by atoms with Crippen molar-refractivity contribution in [1.29, 1.82) is 0 Å². The van der Waals surface area contributed by atoms with Crippen LogP contribution in [-0.2, 0) is 29.1 Å². The van der Waals surface area contributed by atoms with Crippen LogP contribution in [0.3, 0.4) is 0 Å². The highest BCUT2D eigenvalue weighted by Crippen LogP contribution is 2.32. The third kappa shape index (κ3) is 6.09. The fourth-order valence-electron chi connectivity index (χ4n) is 4.59. The summed E-state index contributed by atoms with van der Waals surface area (Å²) < 4.78 is 5.40. The number of amides is 4. The Hall–Kier alpha value is -4.33. The Morgan fingerprint density at radius 1 is 1.08 bits per heavy atom. The molecule has 4 N–H and O–H groups in total. The van der Waals surface area contributed by atoms with Crippen LogP contribution in [0.4, 0.5) is 10.5 Å². The van der Waals surface area contributed by atoms with Gasteiger partial charge in [-0.25, -0.2) is 4.79 Å². The number of anilines is 1. The molecule has 0 fully saturated rings. The lowest BCUT2D eigenvalue weighted by molar-refractivity contribution is -0.127. The highest BCUT2D eigenvalue weighted by Gasteiger charge is 2.31. The van der Waals surface area contributed by atoms with E-state index in [0.29, 0.717) is 32.4 Å². The van der Waals surface area contributed by atoms with Gasteiger partial charge in [-0.1, -0.05) is 55.5 Å². The maximum atomic E-state index is 13.6. The molecule has 1 heterocycles. The van der Waals surface area contributed by atoms with Gasteiger partial charge in [0.25, 0.3) is 0 Å². The van der Waals surface area contributed by atoms with E-state index in [1.54, 1.807) is 18.9 Å². The molecule has 0 spiro atoms. The van der Waals surface area contributed by atoms with Crippen molar-refractivity contribution >= 4 is 23.5 Å². The second kappa shape index (κ2) is 11.6. The molecule has 8 nitrogen and oxygen atoms in total. The molecule has 4 rings (SSSR count). The lowest BCUT2D eigenvalue weighted by Crippen LogP contribution is -2.47. The minimum absolute atomic E-state index is 0.127. The standard InChI is InChI=1S/C29H32N4O4/c1-3-27(34)32-25-14-12-21-16-23(37-2)13-15-26(21)33(28(25)35)18-19-8-10-20(11-9-19)24-7-5-4-6-22(24)17-31-29(30)36/h4-11,13,15-16,25H,3,12,14,17-18H2,1-2H3,(H,32,34)(H3,30,31,36)/t25-/m1/s1. The number of nitrogens with two attached hydrogens (primary N) is 1. The monoisotopic (exact) mass is 500 g/mol. The van der Waals surface area contributed by atoms with Crippen LogP contribution in [0.2, 0.25) is 0 Å². The van der Waals surface area contributed by atoms with E-state index < -0.39 is 12.1 Å². The van der Waals surface area contributed by atoms with Crippen molar-refractivity contribution in [2.24, 2.45) is 5.73 Å². The van der Waals surface area contributed by atoms with Gasteiger partial charge in [-0.2, -0.15) is 0 Å². The molecule has 0 saturated carbocycles. The molecule has 192 valence electrons. The number of urea groups is 1. The van der Waals surface area contributed by atoms with Gasteiger partial charge in [0.2, 0.25) is 11.8 Å². The third-order valence-corrected chi connectivity index (χ3v) is 6.58. The van der Waals surface area contributed by atoms with Crippen LogP contribution in [0.25, 0.3) is 11.1 Å². The summed E-state index contributed by atoms with van der Waals surface area (Å²) in [6.07, 6.45) is 1.50. The van der Waals surface area contributed by atoms with Crippen molar-refractivity contribution in [1.82, 2.24) is 10.6 Å². The first-order chi connectivity index (χ1) is 17.9. The van der Waals surface area contributed by atoms with Gasteiger partial charge in [-0.05, 0) is 58.9 Å². The minimum Gasteiger partial charge on any atom is -0.497 e. The van der Waals surface area contributed by atoms with E-state index in [-0.39, 0.29) is 11.8 Å². The zero-order valence-corrected chi connectivity index (χ0v) is 21.1. The van der Waals surface area contributed by atoms with Crippen molar-refractivity contribution in [3.63, 3.8) is 0 Å². The minimum atomic E-state index is -0.588. The molecular formula is C29H32N4O4. The number of rotatable bonds is 8. The molecule has 37 heavy (non-hydrogen) atoms. The molecule has 0 aromatic heterocycles. The Labute approximate surface area is 216 Å². The number of hydrogen-bond donors (Lipinski definition) is 3. The molecule has 0 unspecified atom stereocenters. The van der Waals surface area contributed by atoms with Crippen LogP contribution in [0.1, 0.15) is 36.5 Å². The van der Waals surface area contributed by atoms with Gasteiger partial charge in [0.1, 0.15) is 11.8 Å². The van der Waals surface area contributed by atoms with E-state index in [2.05, 4.69) is 10.6 Å². The van der Waals surface area contributed by atoms with E-state index in [1.165, 1.54) is 0 Å². The van der Waals surface area contributed by atoms with E-state index in [0.717, 1.165) is 39.3 Å². The van der Waals surface area contributed by atoms with Crippen LogP contribution >= 0.6 is 0 Å². The highest BCUT2D eigenvalue weighted by molar-refractivity contribution is 6.00. The first kappa shape index (κ1) is 25.8. The fraction of sp³-hybridized carbons (Fsp3) is 0.276. The van der Waals surface area contributed by atoms with Gasteiger partial charge in [-0.15, -0.1) is 0 Å². The van der Waals surface area contributed by atoms with Gasteiger partial charge in [0.05, 0.1) is 13.7 Å². The topological polar surface area (TPSA) is 114 Å². The molecule has 8 heteroatoms. The molecule has 1 aliphatic heterocycles. The number of carbonyl (C=O) groups is 3.